The van der Waals surface area contributed by atoms with Crippen molar-refractivity contribution in [3.8, 4) is 0 Å². The second-order valence-electron chi connectivity index (χ2n) is 9.35. The van der Waals surface area contributed by atoms with E-state index in [1.807, 2.05) is 23.1 Å². The number of nitrogens with zero attached hydrogens (tertiary/aromatic N) is 2. The monoisotopic (exact) mass is 391 g/mol. The molecule has 1 aromatic carbocycles. The molecule has 154 valence electrons. The van der Waals surface area contributed by atoms with Crippen molar-refractivity contribution in [3.05, 3.63) is 66.1 Å². The summed E-state index contributed by atoms with van der Waals surface area (Å²) in [4.78, 5) is 22.6. The number of rotatable bonds is 8. The first kappa shape index (κ1) is 21.1. The summed E-state index contributed by atoms with van der Waals surface area (Å²) < 4.78 is 0. The highest BCUT2D eigenvalue weighted by atomic mass is 16.2. The van der Waals surface area contributed by atoms with Gasteiger partial charge in [-0.05, 0) is 53.5 Å². The lowest BCUT2D eigenvalue weighted by Crippen LogP contribution is -2.33. The number of carbonyl (C=O) groups excluding carboxylic acids is 1. The van der Waals surface area contributed by atoms with Crippen LogP contribution in [0.5, 0.6) is 0 Å². The second-order valence-corrected chi connectivity index (χ2v) is 9.35. The van der Waals surface area contributed by atoms with E-state index in [4.69, 9.17) is 0 Å². The molecule has 0 fully saturated rings. The molecule has 0 aliphatic rings. The number of hydrogen-bond donors (Lipinski definition) is 1. The van der Waals surface area contributed by atoms with Gasteiger partial charge in [-0.25, -0.2) is 0 Å². The van der Waals surface area contributed by atoms with E-state index in [1.54, 1.807) is 12.4 Å². The van der Waals surface area contributed by atoms with Crippen LogP contribution in [0.3, 0.4) is 0 Å². The smallest absolute Gasteiger partial charge is 0.223 e. The molecule has 4 heteroatoms. The largest absolute Gasteiger partial charge is 0.361 e. The molecule has 29 heavy (non-hydrogen) atoms. The molecule has 4 nitrogen and oxygen atoms in total. The van der Waals surface area contributed by atoms with Crippen LogP contribution in [0, 0.1) is 11.3 Å². The molecule has 3 aromatic rings. The number of fused-ring (bicyclic) bond motifs is 1. The molecular weight excluding hydrogens is 358 g/mol. The van der Waals surface area contributed by atoms with E-state index in [1.165, 1.54) is 10.9 Å². The predicted octanol–water partition coefficient (Wildman–Crippen LogP) is 5.60. The van der Waals surface area contributed by atoms with Crippen LogP contribution in [0.15, 0.2) is 55.0 Å². The molecule has 1 amide bonds. The summed E-state index contributed by atoms with van der Waals surface area (Å²) in [6.07, 6.45) is 8.14. The van der Waals surface area contributed by atoms with E-state index in [2.05, 4.69) is 62.1 Å². The standard InChI is InChI=1S/C25H33N3O/c1-19(16-25(2,3)4)15-24(29)28(18-20-9-12-26-13-10-20)14-11-21-17-27-23-8-6-5-7-22(21)23/h5-10,12-13,17,19,27H,11,14-16,18H2,1-4H3. The van der Waals surface area contributed by atoms with Crippen LogP contribution in [0.25, 0.3) is 10.9 Å². The summed E-state index contributed by atoms with van der Waals surface area (Å²) in [6.45, 7) is 10.2. The lowest BCUT2D eigenvalue weighted by molar-refractivity contribution is -0.132. The van der Waals surface area contributed by atoms with Crippen molar-refractivity contribution >= 4 is 16.8 Å². The molecule has 1 N–H and O–H groups in total. The number of hydrogen-bond acceptors (Lipinski definition) is 2. The topological polar surface area (TPSA) is 49.0 Å². The highest BCUT2D eigenvalue weighted by Gasteiger charge is 2.21. The van der Waals surface area contributed by atoms with Crippen LogP contribution in [-0.2, 0) is 17.8 Å². The Balaban J connectivity index is 1.71. The van der Waals surface area contributed by atoms with Gasteiger partial charge in [0.2, 0.25) is 5.91 Å². The number of amides is 1. The fourth-order valence-electron chi connectivity index (χ4n) is 4.14. The number of para-hydroxylation sites is 1. The third kappa shape index (κ3) is 6.18. The first-order valence-electron chi connectivity index (χ1n) is 10.5. The molecule has 2 aromatic heterocycles. The number of benzene rings is 1. The van der Waals surface area contributed by atoms with Crippen molar-refractivity contribution in [2.24, 2.45) is 11.3 Å². The number of aromatic nitrogens is 2. The van der Waals surface area contributed by atoms with Crippen molar-refractivity contribution in [1.82, 2.24) is 14.9 Å². The molecule has 0 bridgehead atoms. The molecule has 0 radical (unpaired) electrons. The van der Waals surface area contributed by atoms with Crippen molar-refractivity contribution in [3.63, 3.8) is 0 Å². The van der Waals surface area contributed by atoms with Crippen LogP contribution < -0.4 is 0 Å². The molecule has 1 atom stereocenters. The zero-order valence-corrected chi connectivity index (χ0v) is 18.1. The Kier molecular flexibility index (Phi) is 6.73. The molecule has 2 heterocycles. The zero-order chi connectivity index (χ0) is 20.9. The molecule has 0 spiro atoms. The Labute approximate surface area is 174 Å². The third-order valence-corrected chi connectivity index (χ3v) is 5.29. The second kappa shape index (κ2) is 9.25. The van der Waals surface area contributed by atoms with Gasteiger partial charge in [-0.3, -0.25) is 9.78 Å². The van der Waals surface area contributed by atoms with Crippen molar-refractivity contribution < 1.29 is 4.79 Å². The van der Waals surface area contributed by atoms with Crippen molar-refractivity contribution in [2.45, 2.75) is 53.5 Å². The summed E-state index contributed by atoms with van der Waals surface area (Å²) in [5.41, 5.74) is 3.76. The number of nitrogens with one attached hydrogen (secondary N) is 1. The number of aromatic amines is 1. The van der Waals surface area contributed by atoms with Gasteiger partial charge in [0.1, 0.15) is 0 Å². The highest BCUT2D eigenvalue weighted by molar-refractivity contribution is 5.83. The van der Waals surface area contributed by atoms with Crippen LogP contribution >= 0.6 is 0 Å². The first-order valence-corrected chi connectivity index (χ1v) is 10.5. The van der Waals surface area contributed by atoms with E-state index >= 15 is 0 Å². The Morgan fingerprint density at radius 3 is 2.59 bits per heavy atom. The minimum absolute atomic E-state index is 0.235. The predicted molar refractivity (Wildman–Crippen MR) is 120 cm³/mol. The van der Waals surface area contributed by atoms with Gasteiger partial charge in [-0.15, -0.1) is 0 Å². The number of pyridine rings is 1. The summed E-state index contributed by atoms with van der Waals surface area (Å²) in [5, 5.41) is 1.24. The average Bonchev–Trinajstić information content (AvgIpc) is 3.07. The fourth-order valence-corrected chi connectivity index (χ4v) is 4.14. The lowest BCUT2D eigenvalue weighted by atomic mass is 9.84. The Bertz CT molecular complexity index is 924. The first-order chi connectivity index (χ1) is 13.8. The minimum atomic E-state index is 0.235. The SMILES string of the molecule is CC(CC(=O)N(CCc1c[nH]c2ccccc12)Cc1ccncc1)CC(C)(C)C. The van der Waals surface area contributed by atoms with Crippen molar-refractivity contribution in [1.29, 1.82) is 0 Å². The molecule has 0 aliphatic carbocycles. The third-order valence-electron chi connectivity index (χ3n) is 5.29. The van der Waals surface area contributed by atoms with Crippen LogP contribution in [0.4, 0.5) is 0 Å². The summed E-state index contributed by atoms with van der Waals surface area (Å²) in [7, 11) is 0. The zero-order valence-electron chi connectivity index (χ0n) is 18.1. The van der Waals surface area contributed by atoms with E-state index in [9.17, 15) is 4.79 Å². The van der Waals surface area contributed by atoms with Gasteiger partial charge in [0.15, 0.2) is 0 Å². The maximum atomic E-state index is 13.2. The van der Waals surface area contributed by atoms with Crippen molar-refractivity contribution in [2.75, 3.05) is 6.54 Å². The van der Waals surface area contributed by atoms with E-state index < -0.39 is 0 Å². The van der Waals surface area contributed by atoms with Gasteiger partial charge in [-0.2, -0.15) is 0 Å². The average molecular weight is 392 g/mol. The van der Waals surface area contributed by atoms with Crippen LogP contribution in [0.2, 0.25) is 0 Å². The van der Waals surface area contributed by atoms with Crippen LogP contribution in [-0.4, -0.2) is 27.3 Å². The maximum absolute atomic E-state index is 13.2. The van der Waals surface area contributed by atoms with Gasteiger partial charge in [0, 0.05) is 49.0 Å². The Morgan fingerprint density at radius 2 is 1.86 bits per heavy atom. The van der Waals surface area contributed by atoms with E-state index in [-0.39, 0.29) is 11.3 Å². The quantitative estimate of drug-likeness (QED) is 0.543. The van der Waals surface area contributed by atoms with Gasteiger partial charge in [-0.1, -0.05) is 45.9 Å². The Morgan fingerprint density at radius 1 is 1.14 bits per heavy atom. The summed E-state index contributed by atoms with van der Waals surface area (Å²) in [5.74, 6) is 0.605. The molecular formula is C25H33N3O. The number of H-pyrrole nitrogens is 1. The highest BCUT2D eigenvalue weighted by Crippen LogP contribution is 2.27. The molecule has 0 saturated carbocycles. The van der Waals surface area contributed by atoms with Crippen LogP contribution in [0.1, 0.15) is 51.7 Å². The summed E-state index contributed by atoms with van der Waals surface area (Å²) in [6, 6.07) is 12.3. The van der Waals surface area contributed by atoms with E-state index in [0.717, 1.165) is 23.9 Å². The number of carbonyl (C=O) groups is 1. The van der Waals surface area contributed by atoms with Gasteiger partial charge >= 0.3 is 0 Å². The fraction of sp³-hybridized carbons (Fsp3) is 0.440. The minimum Gasteiger partial charge on any atom is -0.361 e. The molecule has 0 saturated heterocycles. The van der Waals surface area contributed by atoms with Gasteiger partial charge in [0.25, 0.3) is 0 Å². The lowest BCUT2D eigenvalue weighted by Gasteiger charge is -2.27. The van der Waals surface area contributed by atoms with Gasteiger partial charge in [0.05, 0.1) is 0 Å². The van der Waals surface area contributed by atoms with E-state index in [0.29, 0.717) is 25.4 Å². The molecule has 3 rings (SSSR count). The Hall–Kier alpha value is -2.62. The van der Waals surface area contributed by atoms with Gasteiger partial charge < -0.3 is 9.88 Å². The maximum Gasteiger partial charge on any atom is 0.223 e. The molecule has 1 unspecified atom stereocenters. The normalized spacial score (nSPS) is 12.8. The summed E-state index contributed by atoms with van der Waals surface area (Å²) >= 11 is 0. The molecule has 0 aliphatic heterocycles.